The second-order valence-corrected chi connectivity index (χ2v) is 9.93. The van der Waals surface area contributed by atoms with Gasteiger partial charge >= 0.3 is 0 Å². The molecule has 0 atom stereocenters. The SMILES string of the molecule is O=C(CCc1ccccc1)N(Cc1cccc(-c2cc(F)c3ncnc(NC4CC4)c3c2)c1)C1CC1. The normalized spacial score (nSPS) is 15.1. The van der Waals surface area contributed by atoms with Crippen LogP contribution in [0.3, 0.4) is 0 Å². The summed E-state index contributed by atoms with van der Waals surface area (Å²) in [6.45, 7) is 0.569. The molecular weight excluding hydrogens is 451 g/mol. The number of anilines is 1. The largest absolute Gasteiger partial charge is 0.367 e. The van der Waals surface area contributed by atoms with Gasteiger partial charge in [0.1, 0.15) is 23.5 Å². The monoisotopic (exact) mass is 480 g/mol. The summed E-state index contributed by atoms with van der Waals surface area (Å²) in [4.78, 5) is 23.7. The summed E-state index contributed by atoms with van der Waals surface area (Å²) in [5.41, 5.74) is 4.26. The lowest BCUT2D eigenvalue weighted by Gasteiger charge is -2.23. The van der Waals surface area contributed by atoms with Gasteiger partial charge in [0, 0.05) is 30.4 Å². The van der Waals surface area contributed by atoms with E-state index in [-0.39, 0.29) is 11.7 Å². The number of hydrogen-bond acceptors (Lipinski definition) is 4. The van der Waals surface area contributed by atoms with Gasteiger partial charge in [0.25, 0.3) is 0 Å². The lowest BCUT2D eigenvalue weighted by atomic mass is 10.0. The topological polar surface area (TPSA) is 58.1 Å². The van der Waals surface area contributed by atoms with Gasteiger partial charge in [-0.3, -0.25) is 4.79 Å². The molecule has 0 aliphatic heterocycles. The minimum atomic E-state index is -0.357. The summed E-state index contributed by atoms with van der Waals surface area (Å²) in [6, 6.07) is 22.5. The van der Waals surface area contributed by atoms with Gasteiger partial charge in [-0.2, -0.15) is 0 Å². The van der Waals surface area contributed by atoms with Gasteiger partial charge in [-0.05, 0) is 72.6 Å². The number of aromatic nitrogens is 2. The Bertz CT molecular complexity index is 1400. The molecule has 1 N–H and O–H groups in total. The lowest BCUT2D eigenvalue weighted by molar-refractivity contribution is -0.132. The van der Waals surface area contributed by atoms with Gasteiger partial charge in [-0.1, -0.05) is 48.5 Å². The zero-order valence-electron chi connectivity index (χ0n) is 20.2. The van der Waals surface area contributed by atoms with Crippen LogP contribution in [-0.2, 0) is 17.8 Å². The molecule has 0 bridgehead atoms. The van der Waals surface area contributed by atoms with Crippen LogP contribution in [0.1, 0.15) is 43.2 Å². The molecule has 0 saturated heterocycles. The lowest BCUT2D eigenvalue weighted by Crippen LogP contribution is -2.32. The highest BCUT2D eigenvalue weighted by atomic mass is 19.1. The third-order valence-corrected chi connectivity index (χ3v) is 7.00. The Balaban J connectivity index is 1.23. The van der Waals surface area contributed by atoms with E-state index in [0.29, 0.717) is 41.8 Å². The summed E-state index contributed by atoms with van der Waals surface area (Å²) < 4.78 is 15.0. The molecule has 1 heterocycles. The van der Waals surface area contributed by atoms with Crippen LogP contribution in [0.25, 0.3) is 22.0 Å². The molecule has 2 fully saturated rings. The fraction of sp³-hybridized carbons (Fsp3) is 0.300. The second kappa shape index (κ2) is 9.69. The molecule has 4 aromatic rings. The highest BCUT2D eigenvalue weighted by Gasteiger charge is 2.32. The van der Waals surface area contributed by atoms with E-state index in [4.69, 9.17) is 0 Å². The molecule has 2 aliphatic carbocycles. The van der Waals surface area contributed by atoms with Crippen molar-refractivity contribution in [2.45, 2.75) is 57.2 Å². The van der Waals surface area contributed by atoms with E-state index in [2.05, 4.69) is 33.5 Å². The van der Waals surface area contributed by atoms with Crippen molar-refractivity contribution in [3.63, 3.8) is 0 Å². The summed E-state index contributed by atoms with van der Waals surface area (Å²) >= 11 is 0. The fourth-order valence-corrected chi connectivity index (χ4v) is 4.72. The Morgan fingerprint density at radius 3 is 2.50 bits per heavy atom. The smallest absolute Gasteiger partial charge is 0.223 e. The van der Waals surface area contributed by atoms with Crippen LogP contribution in [0.15, 0.2) is 73.1 Å². The number of nitrogens with one attached hydrogen (secondary N) is 1. The molecule has 182 valence electrons. The number of fused-ring (bicyclic) bond motifs is 1. The van der Waals surface area contributed by atoms with Gasteiger partial charge in [0.05, 0.1) is 0 Å². The Kier molecular flexibility index (Phi) is 6.09. The molecule has 1 amide bonds. The number of benzene rings is 3. The zero-order valence-corrected chi connectivity index (χ0v) is 20.2. The van der Waals surface area contributed by atoms with E-state index in [9.17, 15) is 4.79 Å². The third-order valence-electron chi connectivity index (χ3n) is 7.00. The molecule has 1 aromatic heterocycles. The van der Waals surface area contributed by atoms with Crippen LogP contribution in [0.2, 0.25) is 0 Å². The zero-order chi connectivity index (χ0) is 24.5. The van der Waals surface area contributed by atoms with Crippen molar-refractivity contribution in [3.05, 3.63) is 90.0 Å². The molecule has 2 aliphatic rings. The number of hydrogen-bond donors (Lipinski definition) is 1. The van der Waals surface area contributed by atoms with E-state index in [1.54, 1.807) is 6.07 Å². The van der Waals surface area contributed by atoms with Gasteiger partial charge < -0.3 is 10.2 Å². The number of carbonyl (C=O) groups excluding carboxylic acids is 1. The molecular formula is C30H29FN4O. The minimum Gasteiger partial charge on any atom is -0.367 e. The summed E-state index contributed by atoms with van der Waals surface area (Å²) in [7, 11) is 0. The average molecular weight is 481 g/mol. The first-order valence-corrected chi connectivity index (χ1v) is 12.8. The Hall–Kier alpha value is -3.80. The molecule has 5 nitrogen and oxygen atoms in total. The van der Waals surface area contributed by atoms with Crippen molar-refractivity contribution in [3.8, 4) is 11.1 Å². The van der Waals surface area contributed by atoms with Crippen LogP contribution >= 0.6 is 0 Å². The maximum Gasteiger partial charge on any atom is 0.223 e. The first-order chi connectivity index (χ1) is 17.6. The van der Waals surface area contributed by atoms with Crippen molar-refractivity contribution >= 4 is 22.6 Å². The van der Waals surface area contributed by atoms with Gasteiger partial charge in [-0.15, -0.1) is 0 Å². The van der Waals surface area contributed by atoms with Crippen LogP contribution in [-0.4, -0.2) is 32.9 Å². The molecule has 0 radical (unpaired) electrons. The third kappa shape index (κ3) is 5.08. The van der Waals surface area contributed by atoms with Crippen molar-refractivity contribution < 1.29 is 9.18 Å². The Morgan fingerprint density at radius 1 is 0.917 bits per heavy atom. The van der Waals surface area contributed by atoms with Crippen LogP contribution < -0.4 is 5.32 Å². The van der Waals surface area contributed by atoms with Crippen LogP contribution in [0.4, 0.5) is 10.2 Å². The second-order valence-electron chi connectivity index (χ2n) is 9.93. The minimum absolute atomic E-state index is 0.191. The predicted octanol–water partition coefficient (Wildman–Crippen LogP) is 6.13. The summed E-state index contributed by atoms with van der Waals surface area (Å²) in [5, 5.41) is 4.09. The van der Waals surface area contributed by atoms with Gasteiger partial charge in [0.15, 0.2) is 0 Å². The van der Waals surface area contributed by atoms with Crippen molar-refractivity contribution in [2.75, 3.05) is 5.32 Å². The number of carbonyl (C=O) groups is 1. The first kappa shape index (κ1) is 22.7. The maximum atomic E-state index is 15.0. The van der Waals surface area contributed by atoms with E-state index >= 15 is 4.39 Å². The summed E-state index contributed by atoms with van der Waals surface area (Å²) in [6.07, 6.45) is 7.00. The average Bonchev–Trinajstić information content (AvgIpc) is 3.83. The number of halogens is 1. The van der Waals surface area contributed by atoms with E-state index < -0.39 is 0 Å². The highest BCUT2D eigenvalue weighted by Crippen LogP contribution is 2.33. The van der Waals surface area contributed by atoms with E-state index in [0.717, 1.165) is 48.8 Å². The number of amides is 1. The molecule has 3 aromatic carbocycles. The molecule has 0 spiro atoms. The Morgan fingerprint density at radius 2 is 1.72 bits per heavy atom. The predicted molar refractivity (Wildman–Crippen MR) is 140 cm³/mol. The molecule has 6 heteroatoms. The molecule has 2 saturated carbocycles. The maximum absolute atomic E-state index is 15.0. The quantitative estimate of drug-likeness (QED) is 0.313. The molecule has 36 heavy (non-hydrogen) atoms. The van der Waals surface area contributed by atoms with Crippen LogP contribution in [0.5, 0.6) is 0 Å². The molecule has 0 unspecified atom stereocenters. The standard InChI is InChI=1S/C30H29FN4O/c31-27-17-23(16-26-29(27)32-19-33-30(26)34-24-10-11-24)22-8-4-7-21(15-22)18-35(25-12-13-25)28(36)14-9-20-5-2-1-3-6-20/h1-8,15-17,19,24-25H,9-14,18H2,(H,32,33,34). The van der Waals surface area contributed by atoms with E-state index in [1.807, 2.05) is 47.4 Å². The number of aryl methyl sites for hydroxylation is 1. The van der Waals surface area contributed by atoms with Crippen LogP contribution in [0, 0.1) is 5.82 Å². The van der Waals surface area contributed by atoms with Crippen molar-refractivity contribution in [2.24, 2.45) is 0 Å². The van der Waals surface area contributed by atoms with Gasteiger partial charge in [-0.25, -0.2) is 14.4 Å². The number of nitrogens with zero attached hydrogens (tertiary/aromatic N) is 3. The molecule has 6 rings (SSSR count). The van der Waals surface area contributed by atoms with Crippen molar-refractivity contribution in [1.82, 2.24) is 14.9 Å². The van der Waals surface area contributed by atoms with E-state index in [1.165, 1.54) is 11.9 Å². The summed E-state index contributed by atoms with van der Waals surface area (Å²) in [5.74, 6) is 0.518. The van der Waals surface area contributed by atoms with Crippen molar-refractivity contribution in [1.29, 1.82) is 0 Å². The van der Waals surface area contributed by atoms with Gasteiger partial charge in [0.2, 0.25) is 5.91 Å². The first-order valence-electron chi connectivity index (χ1n) is 12.8. The fourth-order valence-electron chi connectivity index (χ4n) is 4.72. The highest BCUT2D eigenvalue weighted by molar-refractivity contribution is 5.93. The number of rotatable bonds is 9. The Labute approximate surface area is 210 Å².